The Labute approximate surface area is 230 Å². The number of aromatic nitrogens is 1. The lowest BCUT2D eigenvalue weighted by Crippen LogP contribution is -2.39. The number of azo groups is 1. The Morgan fingerprint density at radius 2 is 1.72 bits per heavy atom. The number of aryl methyl sites for hydroxylation is 3. The summed E-state index contributed by atoms with van der Waals surface area (Å²) in [5, 5.41) is 47.2. The van der Waals surface area contributed by atoms with Gasteiger partial charge in [0.15, 0.2) is 11.4 Å². The van der Waals surface area contributed by atoms with E-state index in [1.54, 1.807) is 28.1 Å². The molecule has 1 aliphatic carbocycles. The van der Waals surface area contributed by atoms with Crippen LogP contribution in [-0.4, -0.2) is 52.0 Å². The number of carboxylic acid groups (broad SMARTS) is 1. The molecule has 2 aromatic heterocycles. The number of carboxylic acids is 1. The zero-order chi connectivity index (χ0) is 27.4. The number of phenolic OH excluding ortho intramolecular Hbond substituents is 1. The lowest BCUT2D eigenvalue weighted by Gasteiger charge is -2.11. The van der Waals surface area contributed by atoms with E-state index in [0.29, 0.717) is 16.8 Å². The number of nitrogens with zero attached hydrogens (tertiary/aromatic N) is 3. The maximum Gasteiger partial charge on any atom is 0.345 e. The number of para-hydroxylation sites is 1. The Bertz CT molecular complexity index is 1510. The third-order valence-electron chi connectivity index (χ3n) is 6.85. The smallest absolute Gasteiger partial charge is 0.345 e. The van der Waals surface area contributed by atoms with Crippen LogP contribution in [0.1, 0.15) is 32.8 Å². The maximum atomic E-state index is 11.2. The molecule has 10 heteroatoms. The molecular formula is C29H31N5O4S. The van der Waals surface area contributed by atoms with E-state index in [-0.39, 0.29) is 22.2 Å². The molecule has 6 rings (SSSR count). The molecule has 0 amide bonds. The predicted octanol–water partition coefficient (Wildman–Crippen LogP) is 5.71. The minimum Gasteiger partial charge on any atom is -0.505 e. The van der Waals surface area contributed by atoms with Crippen molar-refractivity contribution < 1.29 is 20.1 Å². The van der Waals surface area contributed by atoms with E-state index in [4.69, 9.17) is 5.11 Å². The predicted molar refractivity (Wildman–Crippen MR) is 152 cm³/mol. The summed E-state index contributed by atoms with van der Waals surface area (Å²) in [6.45, 7) is 6.40. The number of thiophene rings is 1. The van der Waals surface area contributed by atoms with Gasteiger partial charge < -0.3 is 26.0 Å². The highest BCUT2D eigenvalue weighted by Crippen LogP contribution is 2.41. The molecule has 2 aliphatic rings. The van der Waals surface area contributed by atoms with Gasteiger partial charge in [-0.3, -0.25) is 4.57 Å². The topological polar surface area (TPSA) is 131 Å². The molecule has 0 unspecified atom stereocenters. The Morgan fingerprint density at radius 1 is 0.974 bits per heavy atom. The van der Waals surface area contributed by atoms with Crippen LogP contribution in [0.5, 0.6) is 11.6 Å². The fourth-order valence-corrected chi connectivity index (χ4v) is 5.52. The summed E-state index contributed by atoms with van der Waals surface area (Å²) in [4.78, 5) is 11.4. The molecule has 0 spiro atoms. The van der Waals surface area contributed by atoms with Crippen LogP contribution in [0, 0.1) is 6.92 Å². The van der Waals surface area contributed by atoms with Crippen LogP contribution >= 0.6 is 11.3 Å². The zero-order valence-electron chi connectivity index (χ0n) is 21.6. The summed E-state index contributed by atoms with van der Waals surface area (Å²) in [7, 11) is 0. The minimum absolute atomic E-state index is 0.0197. The number of nitrogens with one attached hydrogen (secondary N) is 2. The van der Waals surface area contributed by atoms with Crippen LogP contribution in [0.15, 0.2) is 64.3 Å². The largest absolute Gasteiger partial charge is 0.505 e. The first-order valence-corrected chi connectivity index (χ1v) is 13.8. The SMILES string of the molecule is C1CNCCN1.Cc1cn(-c2ccc3c(c2)CCC3)c(O)c1N=Nc1cccc(-c2csc(C(=O)O)c2)c1O. The third-order valence-corrected chi connectivity index (χ3v) is 7.77. The van der Waals surface area contributed by atoms with Crippen LogP contribution in [0.25, 0.3) is 16.8 Å². The highest BCUT2D eigenvalue weighted by Gasteiger charge is 2.18. The monoisotopic (exact) mass is 545 g/mol. The van der Waals surface area contributed by atoms with Gasteiger partial charge in [0.05, 0.1) is 0 Å². The summed E-state index contributed by atoms with van der Waals surface area (Å²) in [6.07, 6.45) is 5.11. The number of hydrogen-bond donors (Lipinski definition) is 5. The Hall–Kier alpha value is -3.99. The Kier molecular flexibility index (Phi) is 8.06. The average Bonchev–Trinajstić information content (AvgIpc) is 3.69. The minimum atomic E-state index is -1.01. The van der Waals surface area contributed by atoms with E-state index < -0.39 is 5.97 Å². The second-order valence-electron chi connectivity index (χ2n) is 9.54. The Balaban J connectivity index is 0.000000455. The maximum absolute atomic E-state index is 11.2. The second kappa shape index (κ2) is 11.8. The molecule has 0 saturated carbocycles. The molecule has 9 nitrogen and oxygen atoms in total. The molecule has 0 radical (unpaired) electrons. The molecule has 4 aromatic rings. The number of aromatic carboxylic acids is 1. The highest BCUT2D eigenvalue weighted by molar-refractivity contribution is 7.12. The van der Waals surface area contributed by atoms with Gasteiger partial charge in [0.1, 0.15) is 10.6 Å². The molecule has 2 aromatic carbocycles. The van der Waals surface area contributed by atoms with E-state index in [2.05, 4.69) is 33.0 Å². The van der Waals surface area contributed by atoms with Gasteiger partial charge >= 0.3 is 5.97 Å². The second-order valence-corrected chi connectivity index (χ2v) is 10.5. The van der Waals surface area contributed by atoms with Gasteiger partial charge in [-0.15, -0.1) is 21.6 Å². The average molecular weight is 546 g/mol. The van der Waals surface area contributed by atoms with Crippen LogP contribution in [0.3, 0.4) is 0 Å². The number of rotatable bonds is 5. The molecule has 3 heterocycles. The summed E-state index contributed by atoms with van der Waals surface area (Å²) < 4.78 is 1.69. The highest BCUT2D eigenvalue weighted by atomic mass is 32.1. The summed E-state index contributed by atoms with van der Waals surface area (Å²) in [6, 6.07) is 12.7. The van der Waals surface area contributed by atoms with Gasteiger partial charge in [-0.25, -0.2) is 4.79 Å². The van der Waals surface area contributed by atoms with Crippen molar-refractivity contribution in [1.82, 2.24) is 15.2 Å². The number of aromatic hydroxyl groups is 2. The molecule has 1 saturated heterocycles. The van der Waals surface area contributed by atoms with Crippen molar-refractivity contribution in [2.45, 2.75) is 26.2 Å². The quantitative estimate of drug-likeness (QED) is 0.204. The van der Waals surface area contributed by atoms with E-state index in [1.165, 1.54) is 17.2 Å². The fourth-order valence-electron chi connectivity index (χ4n) is 4.78. The van der Waals surface area contributed by atoms with Gasteiger partial charge in [0, 0.05) is 43.6 Å². The molecule has 1 fully saturated rings. The van der Waals surface area contributed by atoms with Crippen LogP contribution < -0.4 is 10.6 Å². The van der Waals surface area contributed by atoms with Crippen LogP contribution in [-0.2, 0) is 12.8 Å². The van der Waals surface area contributed by atoms with Crippen LogP contribution in [0.4, 0.5) is 11.4 Å². The van der Waals surface area contributed by atoms with Crippen molar-refractivity contribution in [2.24, 2.45) is 10.2 Å². The van der Waals surface area contributed by atoms with E-state index >= 15 is 0 Å². The number of piperazine rings is 1. The first-order valence-electron chi connectivity index (χ1n) is 12.9. The van der Waals surface area contributed by atoms with E-state index in [9.17, 15) is 15.0 Å². The Morgan fingerprint density at radius 3 is 2.41 bits per heavy atom. The van der Waals surface area contributed by atoms with Crippen molar-refractivity contribution in [3.05, 3.63) is 75.6 Å². The number of carbonyl (C=O) groups is 1. The van der Waals surface area contributed by atoms with Crippen molar-refractivity contribution in [3.8, 4) is 28.4 Å². The van der Waals surface area contributed by atoms with Crippen molar-refractivity contribution in [1.29, 1.82) is 0 Å². The third kappa shape index (κ3) is 5.88. The number of phenols is 1. The molecule has 0 atom stereocenters. The van der Waals surface area contributed by atoms with E-state index in [1.807, 2.05) is 19.2 Å². The molecule has 39 heavy (non-hydrogen) atoms. The molecule has 1 aliphatic heterocycles. The molecule has 202 valence electrons. The number of fused-ring (bicyclic) bond motifs is 1. The number of hydrogen-bond acceptors (Lipinski definition) is 8. The molecular weight excluding hydrogens is 514 g/mol. The van der Waals surface area contributed by atoms with Crippen LogP contribution in [0.2, 0.25) is 0 Å². The fraction of sp³-hybridized carbons (Fsp3) is 0.276. The normalized spacial score (nSPS) is 14.7. The van der Waals surface area contributed by atoms with Gasteiger partial charge in [0.25, 0.3) is 0 Å². The van der Waals surface area contributed by atoms with Crippen molar-refractivity contribution in [3.63, 3.8) is 0 Å². The standard InChI is InChI=1S/C25H21N3O4S.C4H10N2/c1-14-12-28(18-9-8-15-4-2-5-16(15)10-18)24(30)22(14)27-26-20-7-3-6-19(23(20)29)17-11-21(25(31)32)33-13-17;1-2-6-4-3-5-1/h3,6-13,29-30H,2,4-5H2,1H3,(H,31,32);5-6H,1-4H2. The van der Waals surface area contributed by atoms with Gasteiger partial charge in [-0.2, -0.15) is 0 Å². The summed E-state index contributed by atoms with van der Waals surface area (Å²) in [5.74, 6) is -1.14. The lowest BCUT2D eigenvalue weighted by molar-refractivity contribution is 0.0702. The van der Waals surface area contributed by atoms with E-state index in [0.717, 1.165) is 68.0 Å². The van der Waals surface area contributed by atoms with Gasteiger partial charge in [-0.1, -0.05) is 18.2 Å². The first-order chi connectivity index (χ1) is 18.9. The van der Waals surface area contributed by atoms with Gasteiger partial charge in [-0.05, 0) is 78.1 Å². The summed E-state index contributed by atoms with van der Waals surface area (Å²) in [5.41, 5.74) is 5.89. The van der Waals surface area contributed by atoms with Crippen molar-refractivity contribution >= 4 is 28.7 Å². The molecule has 0 bridgehead atoms. The zero-order valence-corrected chi connectivity index (χ0v) is 22.5. The number of benzene rings is 2. The lowest BCUT2D eigenvalue weighted by atomic mass is 10.1. The first kappa shape index (κ1) is 26.6. The summed E-state index contributed by atoms with van der Waals surface area (Å²) >= 11 is 1.09. The van der Waals surface area contributed by atoms with Gasteiger partial charge in [0.2, 0.25) is 5.88 Å². The van der Waals surface area contributed by atoms with Crippen molar-refractivity contribution in [2.75, 3.05) is 26.2 Å². The molecule has 5 N–H and O–H groups in total.